The standard InChI is InChI=1S/C11H18N2O2S2/c1-9-4-2-6-13(10(9)8-12)17(14,15)11-5-3-7-16-11/h3,5,7,9-10H,2,4,6,8,12H2,1H3/t9-,10+/m1/s1. The zero-order valence-electron chi connectivity index (χ0n) is 9.87. The number of piperidine rings is 1. The van der Waals surface area contributed by atoms with Gasteiger partial charge in [-0.1, -0.05) is 13.0 Å². The highest BCUT2D eigenvalue weighted by Gasteiger charge is 2.36. The molecule has 1 saturated heterocycles. The molecular formula is C11H18N2O2S2. The number of hydrogen-bond acceptors (Lipinski definition) is 4. The molecule has 96 valence electrons. The van der Waals surface area contributed by atoms with E-state index in [0.717, 1.165) is 12.8 Å². The summed E-state index contributed by atoms with van der Waals surface area (Å²) in [6.45, 7) is 3.06. The summed E-state index contributed by atoms with van der Waals surface area (Å²) in [6.07, 6.45) is 1.97. The van der Waals surface area contributed by atoms with Crippen molar-refractivity contribution in [2.24, 2.45) is 11.7 Å². The van der Waals surface area contributed by atoms with E-state index in [9.17, 15) is 8.42 Å². The van der Waals surface area contributed by atoms with E-state index >= 15 is 0 Å². The number of nitrogens with two attached hydrogens (primary N) is 1. The van der Waals surface area contributed by atoms with Crippen molar-refractivity contribution in [1.82, 2.24) is 4.31 Å². The van der Waals surface area contributed by atoms with Crippen molar-refractivity contribution in [3.63, 3.8) is 0 Å². The number of nitrogens with zero attached hydrogens (tertiary/aromatic N) is 1. The van der Waals surface area contributed by atoms with Gasteiger partial charge in [-0.05, 0) is 30.2 Å². The number of hydrogen-bond donors (Lipinski definition) is 1. The van der Waals surface area contributed by atoms with Gasteiger partial charge in [0.1, 0.15) is 4.21 Å². The van der Waals surface area contributed by atoms with Gasteiger partial charge in [-0.3, -0.25) is 0 Å². The molecule has 0 aliphatic carbocycles. The summed E-state index contributed by atoms with van der Waals surface area (Å²) in [5.41, 5.74) is 5.73. The van der Waals surface area contributed by atoms with Gasteiger partial charge >= 0.3 is 0 Å². The lowest BCUT2D eigenvalue weighted by Gasteiger charge is -2.37. The van der Waals surface area contributed by atoms with Crippen molar-refractivity contribution >= 4 is 21.4 Å². The number of sulfonamides is 1. The van der Waals surface area contributed by atoms with Gasteiger partial charge in [-0.25, -0.2) is 8.42 Å². The minimum atomic E-state index is -3.34. The van der Waals surface area contributed by atoms with Crippen molar-refractivity contribution in [3.05, 3.63) is 17.5 Å². The molecule has 2 N–H and O–H groups in total. The molecule has 1 aliphatic rings. The van der Waals surface area contributed by atoms with Gasteiger partial charge in [0.2, 0.25) is 0 Å². The molecule has 0 unspecified atom stereocenters. The summed E-state index contributed by atoms with van der Waals surface area (Å²) in [7, 11) is -3.34. The summed E-state index contributed by atoms with van der Waals surface area (Å²) in [5, 5.41) is 1.79. The molecule has 6 heteroatoms. The van der Waals surface area contributed by atoms with Crippen molar-refractivity contribution in [2.75, 3.05) is 13.1 Å². The predicted octanol–water partition coefficient (Wildman–Crippen LogP) is 1.50. The normalized spacial score (nSPS) is 27.2. The van der Waals surface area contributed by atoms with Crippen molar-refractivity contribution in [1.29, 1.82) is 0 Å². The van der Waals surface area contributed by atoms with Gasteiger partial charge in [0.15, 0.2) is 0 Å². The fourth-order valence-corrected chi connectivity index (χ4v) is 5.28. The van der Waals surface area contributed by atoms with E-state index in [2.05, 4.69) is 6.92 Å². The lowest BCUT2D eigenvalue weighted by molar-refractivity contribution is 0.193. The number of thiophene rings is 1. The lowest BCUT2D eigenvalue weighted by atomic mass is 9.93. The average molecular weight is 274 g/mol. The lowest BCUT2D eigenvalue weighted by Crippen LogP contribution is -2.51. The Balaban J connectivity index is 2.32. The van der Waals surface area contributed by atoms with Crippen LogP contribution in [0.25, 0.3) is 0 Å². The van der Waals surface area contributed by atoms with E-state index < -0.39 is 10.0 Å². The number of rotatable bonds is 3. The third-order valence-electron chi connectivity index (χ3n) is 3.36. The quantitative estimate of drug-likeness (QED) is 0.908. The van der Waals surface area contributed by atoms with Gasteiger partial charge in [-0.15, -0.1) is 11.3 Å². The fraction of sp³-hybridized carbons (Fsp3) is 0.636. The molecule has 1 aromatic heterocycles. The Kier molecular flexibility index (Phi) is 3.87. The Hall–Kier alpha value is -0.430. The van der Waals surface area contributed by atoms with Crippen LogP contribution in [-0.4, -0.2) is 31.9 Å². The largest absolute Gasteiger partial charge is 0.329 e. The molecule has 0 radical (unpaired) electrons. The second-order valence-corrected chi connectivity index (χ2v) is 7.54. The maximum Gasteiger partial charge on any atom is 0.252 e. The van der Waals surface area contributed by atoms with Crippen LogP contribution < -0.4 is 5.73 Å². The van der Waals surface area contributed by atoms with Crippen LogP contribution in [0.1, 0.15) is 19.8 Å². The Morgan fingerprint density at radius 3 is 2.94 bits per heavy atom. The Bertz CT molecular complexity index is 456. The Morgan fingerprint density at radius 2 is 2.35 bits per heavy atom. The molecule has 2 rings (SSSR count). The zero-order chi connectivity index (χ0) is 12.5. The summed E-state index contributed by atoms with van der Waals surface area (Å²) in [4.78, 5) is 0. The van der Waals surface area contributed by atoms with Crippen LogP contribution in [0.15, 0.2) is 21.7 Å². The van der Waals surface area contributed by atoms with E-state index in [1.807, 2.05) is 0 Å². The SMILES string of the molecule is C[C@@H]1CCCN(S(=O)(=O)c2cccs2)[C@H]1CN. The summed E-state index contributed by atoms with van der Waals surface area (Å²) in [6, 6.07) is 3.37. The maximum absolute atomic E-state index is 12.4. The van der Waals surface area contributed by atoms with E-state index in [4.69, 9.17) is 5.73 Å². The second kappa shape index (κ2) is 5.06. The highest BCUT2D eigenvalue weighted by atomic mass is 32.2. The van der Waals surface area contributed by atoms with Crippen LogP contribution in [0.2, 0.25) is 0 Å². The van der Waals surface area contributed by atoms with E-state index in [0.29, 0.717) is 23.2 Å². The van der Waals surface area contributed by atoms with Crippen LogP contribution >= 0.6 is 11.3 Å². The van der Waals surface area contributed by atoms with Gasteiger partial charge in [-0.2, -0.15) is 4.31 Å². The zero-order valence-corrected chi connectivity index (χ0v) is 11.5. The Morgan fingerprint density at radius 1 is 1.59 bits per heavy atom. The predicted molar refractivity (Wildman–Crippen MR) is 69.5 cm³/mol. The molecule has 4 nitrogen and oxygen atoms in total. The van der Waals surface area contributed by atoms with Crippen LogP contribution in [0.5, 0.6) is 0 Å². The molecule has 17 heavy (non-hydrogen) atoms. The topological polar surface area (TPSA) is 63.4 Å². The molecule has 0 aromatic carbocycles. The van der Waals surface area contributed by atoms with Gasteiger partial charge < -0.3 is 5.73 Å². The van der Waals surface area contributed by atoms with Crippen LogP contribution in [0.4, 0.5) is 0 Å². The first-order chi connectivity index (χ1) is 8.07. The van der Waals surface area contributed by atoms with E-state index in [1.54, 1.807) is 21.8 Å². The smallest absolute Gasteiger partial charge is 0.252 e. The van der Waals surface area contributed by atoms with Crippen LogP contribution in [-0.2, 0) is 10.0 Å². The van der Waals surface area contributed by atoms with Crippen LogP contribution in [0.3, 0.4) is 0 Å². The summed E-state index contributed by atoms with van der Waals surface area (Å²) in [5.74, 6) is 0.337. The molecule has 1 fully saturated rings. The molecular weight excluding hydrogens is 256 g/mol. The van der Waals surface area contributed by atoms with E-state index in [1.165, 1.54) is 11.3 Å². The van der Waals surface area contributed by atoms with Gasteiger partial charge in [0, 0.05) is 19.1 Å². The third kappa shape index (κ3) is 2.40. The van der Waals surface area contributed by atoms with Crippen molar-refractivity contribution in [3.8, 4) is 0 Å². The monoisotopic (exact) mass is 274 g/mol. The molecule has 0 saturated carbocycles. The molecule has 0 amide bonds. The summed E-state index contributed by atoms with van der Waals surface area (Å²) < 4.78 is 26.9. The molecule has 0 spiro atoms. The molecule has 0 bridgehead atoms. The first-order valence-electron chi connectivity index (χ1n) is 5.83. The van der Waals surface area contributed by atoms with Crippen molar-refractivity contribution < 1.29 is 8.42 Å². The Labute approximate surface area is 106 Å². The molecule has 1 aromatic rings. The van der Waals surface area contributed by atoms with E-state index in [-0.39, 0.29) is 6.04 Å². The average Bonchev–Trinajstić information content (AvgIpc) is 2.82. The van der Waals surface area contributed by atoms with Gasteiger partial charge in [0.25, 0.3) is 10.0 Å². The molecule has 2 atom stereocenters. The summed E-state index contributed by atoms with van der Waals surface area (Å²) >= 11 is 1.27. The molecule has 1 aliphatic heterocycles. The van der Waals surface area contributed by atoms with Crippen molar-refractivity contribution in [2.45, 2.75) is 30.0 Å². The molecule has 2 heterocycles. The second-order valence-electron chi connectivity index (χ2n) is 4.47. The first kappa shape index (κ1) is 13.0. The first-order valence-corrected chi connectivity index (χ1v) is 8.14. The fourth-order valence-electron chi connectivity index (χ4n) is 2.39. The highest BCUT2D eigenvalue weighted by Crippen LogP contribution is 2.30. The minimum Gasteiger partial charge on any atom is -0.329 e. The minimum absolute atomic E-state index is 0.0594. The highest BCUT2D eigenvalue weighted by molar-refractivity contribution is 7.91. The third-order valence-corrected chi connectivity index (χ3v) is 6.66. The van der Waals surface area contributed by atoms with Crippen LogP contribution in [0, 0.1) is 5.92 Å². The van der Waals surface area contributed by atoms with Gasteiger partial charge in [0.05, 0.1) is 0 Å². The maximum atomic E-state index is 12.4.